The Morgan fingerprint density at radius 3 is 2.94 bits per heavy atom. The van der Waals surface area contributed by atoms with E-state index in [0.717, 1.165) is 39.7 Å². The van der Waals surface area contributed by atoms with Crippen molar-refractivity contribution in [2.45, 2.75) is 24.7 Å². The minimum Gasteiger partial charge on any atom is -0.482 e. The van der Waals surface area contributed by atoms with Crippen LogP contribution in [0.5, 0.6) is 5.75 Å². The summed E-state index contributed by atoms with van der Waals surface area (Å²) in [6.45, 7) is 2.13. The lowest BCUT2D eigenvalue weighted by molar-refractivity contribution is -0.118. The van der Waals surface area contributed by atoms with E-state index in [2.05, 4.69) is 46.0 Å². The fourth-order valence-corrected chi connectivity index (χ4v) is 5.41. The number of H-pyrrole nitrogens is 1. The molecule has 0 bridgehead atoms. The minimum absolute atomic E-state index is 0.0174. The Labute approximate surface area is 189 Å². The number of para-hydroxylation sites is 1. The van der Waals surface area contributed by atoms with Gasteiger partial charge >= 0.3 is 0 Å². The molecule has 1 aromatic heterocycles. The van der Waals surface area contributed by atoms with Crippen LogP contribution in [0.1, 0.15) is 39.4 Å². The van der Waals surface area contributed by atoms with E-state index in [4.69, 9.17) is 4.74 Å². The average molecular weight is 436 g/mol. The minimum atomic E-state index is -0.468. The summed E-state index contributed by atoms with van der Waals surface area (Å²) in [5, 5.41) is 14.9. The van der Waals surface area contributed by atoms with Gasteiger partial charge in [-0.25, -0.2) is 0 Å². The van der Waals surface area contributed by atoms with Crippen LogP contribution in [0.25, 0.3) is 10.9 Å². The molecule has 1 amide bonds. The predicted octanol–water partition coefficient (Wildman–Crippen LogP) is 4.57. The highest BCUT2D eigenvalue weighted by Crippen LogP contribution is 2.65. The molecule has 1 saturated carbocycles. The van der Waals surface area contributed by atoms with Gasteiger partial charge in [-0.3, -0.25) is 14.7 Å². The molecular weight excluding hydrogens is 416 g/mol. The zero-order valence-electron chi connectivity index (χ0n) is 17.9. The number of aryl methyl sites for hydroxylation is 1. The summed E-state index contributed by atoms with van der Waals surface area (Å²) in [6.07, 6.45) is 0.807. The fraction of sp³-hybridized carbons (Fsp3) is 0.192. The highest BCUT2D eigenvalue weighted by molar-refractivity contribution is 6.10. The molecule has 4 aromatic rings. The number of carbonyl (C=O) groups is 2. The first-order valence-corrected chi connectivity index (χ1v) is 11.0. The molecule has 3 aliphatic rings. The van der Waals surface area contributed by atoms with Crippen molar-refractivity contribution >= 4 is 39.8 Å². The van der Waals surface area contributed by atoms with Crippen molar-refractivity contribution < 1.29 is 14.3 Å². The first-order chi connectivity index (χ1) is 16.0. The molecular formula is C26H20N4O3. The van der Waals surface area contributed by atoms with Gasteiger partial charge in [0.2, 0.25) is 11.7 Å². The van der Waals surface area contributed by atoms with Crippen molar-refractivity contribution in [2.24, 2.45) is 0 Å². The number of ketones is 1. The van der Waals surface area contributed by atoms with Crippen LogP contribution in [-0.2, 0) is 10.2 Å². The van der Waals surface area contributed by atoms with E-state index >= 15 is 0 Å². The smallest absolute Gasteiger partial charge is 0.235 e. The number of hydrogen-bond donors (Lipinski definition) is 3. The number of carbonyl (C=O) groups excluding carboxylic acids is 2. The van der Waals surface area contributed by atoms with E-state index in [1.54, 1.807) is 6.07 Å². The second-order valence-corrected chi connectivity index (χ2v) is 9.13. The van der Waals surface area contributed by atoms with Crippen molar-refractivity contribution in [2.75, 3.05) is 17.2 Å². The Hall–Kier alpha value is -4.13. The maximum atomic E-state index is 12.9. The molecule has 2 aliphatic heterocycles. The molecule has 7 nitrogen and oxygen atoms in total. The van der Waals surface area contributed by atoms with Crippen molar-refractivity contribution in [3.05, 3.63) is 76.9 Å². The van der Waals surface area contributed by atoms with Crippen LogP contribution < -0.4 is 15.4 Å². The first-order valence-electron chi connectivity index (χ1n) is 11.0. The number of Topliss-reactive ketones (excluding diaryl/α,β-unsaturated/α-hetero) is 1. The molecule has 3 heterocycles. The number of amides is 1. The van der Waals surface area contributed by atoms with Crippen LogP contribution in [0, 0.1) is 6.92 Å². The summed E-state index contributed by atoms with van der Waals surface area (Å²) < 4.78 is 5.57. The van der Waals surface area contributed by atoms with E-state index in [-0.39, 0.29) is 24.2 Å². The van der Waals surface area contributed by atoms with Gasteiger partial charge in [0.25, 0.3) is 0 Å². The molecule has 3 aromatic carbocycles. The number of hydrogen-bond acceptors (Lipinski definition) is 5. The Morgan fingerprint density at radius 2 is 2.03 bits per heavy atom. The Morgan fingerprint density at radius 1 is 1.12 bits per heavy atom. The third kappa shape index (κ3) is 2.47. The van der Waals surface area contributed by atoms with Crippen molar-refractivity contribution in [1.29, 1.82) is 0 Å². The molecule has 1 fully saturated rings. The van der Waals surface area contributed by atoms with Crippen molar-refractivity contribution in [3.8, 4) is 5.75 Å². The van der Waals surface area contributed by atoms with Gasteiger partial charge in [-0.05, 0) is 54.8 Å². The second-order valence-electron chi connectivity index (χ2n) is 9.13. The SMILES string of the molecule is Cc1ccc2c(c1)[C@]1(C[C@H]1c1ccc3c(Nc4cccc5c4OCC5=O)n[nH]c3c1)C(=O)N2. The summed E-state index contributed by atoms with van der Waals surface area (Å²) in [5.74, 6) is 1.44. The summed E-state index contributed by atoms with van der Waals surface area (Å²) in [6, 6.07) is 17.8. The van der Waals surface area contributed by atoms with Gasteiger partial charge in [0.1, 0.15) is 0 Å². The van der Waals surface area contributed by atoms with Gasteiger partial charge in [-0.1, -0.05) is 29.8 Å². The topological polar surface area (TPSA) is 96.1 Å². The maximum Gasteiger partial charge on any atom is 0.235 e. The monoisotopic (exact) mass is 436 g/mol. The molecule has 7 heteroatoms. The lowest BCUT2D eigenvalue weighted by atomic mass is 9.91. The zero-order chi connectivity index (χ0) is 22.3. The van der Waals surface area contributed by atoms with E-state index in [0.29, 0.717) is 22.8 Å². The molecule has 3 N–H and O–H groups in total. The fourth-order valence-electron chi connectivity index (χ4n) is 5.41. The molecule has 2 atom stereocenters. The van der Waals surface area contributed by atoms with Crippen molar-refractivity contribution in [3.63, 3.8) is 0 Å². The molecule has 1 aliphatic carbocycles. The predicted molar refractivity (Wildman–Crippen MR) is 124 cm³/mol. The average Bonchev–Trinajstić information content (AvgIpc) is 3.14. The van der Waals surface area contributed by atoms with E-state index in [9.17, 15) is 9.59 Å². The second kappa shape index (κ2) is 6.22. The number of aromatic nitrogens is 2. The normalized spacial score (nSPS) is 22.3. The van der Waals surface area contributed by atoms with Gasteiger partial charge in [0.05, 0.1) is 22.2 Å². The summed E-state index contributed by atoms with van der Waals surface area (Å²) in [5.41, 5.74) is 6.05. The van der Waals surface area contributed by atoms with Crippen molar-refractivity contribution in [1.82, 2.24) is 10.2 Å². The van der Waals surface area contributed by atoms with Gasteiger partial charge < -0.3 is 15.4 Å². The lowest BCUT2D eigenvalue weighted by Crippen LogP contribution is -2.21. The highest BCUT2D eigenvalue weighted by Gasteiger charge is 2.65. The number of aromatic amines is 1. The van der Waals surface area contributed by atoms with Gasteiger partial charge in [-0.2, -0.15) is 5.10 Å². The molecule has 0 unspecified atom stereocenters. The summed E-state index contributed by atoms with van der Waals surface area (Å²) in [7, 11) is 0. The van der Waals surface area contributed by atoms with Crippen LogP contribution in [0.4, 0.5) is 17.2 Å². The maximum absolute atomic E-state index is 12.9. The van der Waals surface area contributed by atoms with Gasteiger partial charge in [0.15, 0.2) is 18.2 Å². The number of ether oxygens (including phenoxy) is 1. The number of anilines is 3. The summed E-state index contributed by atoms with van der Waals surface area (Å²) >= 11 is 0. The number of nitrogens with zero attached hydrogens (tertiary/aromatic N) is 1. The molecule has 1 spiro atoms. The number of nitrogens with one attached hydrogen (secondary N) is 3. The third-order valence-electron chi connectivity index (χ3n) is 7.18. The Kier molecular flexibility index (Phi) is 3.48. The number of fused-ring (bicyclic) bond motifs is 4. The van der Waals surface area contributed by atoms with E-state index in [1.165, 1.54) is 0 Å². The highest BCUT2D eigenvalue weighted by atomic mass is 16.5. The van der Waals surface area contributed by atoms with E-state index in [1.807, 2.05) is 30.3 Å². The third-order valence-corrected chi connectivity index (χ3v) is 7.18. The van der Waals surface area contributed by atoms with Crippen LogP contribution >= 0.6 is 0 Å². The van der Waals surface area contributed by atoms with Crippen LogP contribution in [0.15, 0.2) is 54.6 Å². The first kappa shape index (κ1) is 18.4. The molecule has 33 heavy (non-hydrogen) atoms. The van der Waals surface area contributed by atoms with Crippen LogP contribution in [-0.4, -0.2) is 28.5 Å². The number of benzene rings is 3. The molecule has 0 saturated heterocycles. The largest absolute Gasteiger partial charge is 0.482 e. The standard InChI is InChI=1S/C26H20N4O3/c1-13-5-8-19-17(9-13)26(25(32)28-19)11-18(26)14-6-7-15-21(10-14)29-30-24(15)27-20-4-2-3-16-22(31)12-33-23(16)20/h2-10,18H,11-12H2,1H3,(H,28,32)(H2,27,29,30)/t18-,26-/m0/s1. The molecule has 162 valence electrons. The molecule has 0 radical (unpaired) electrons. The summed E-state index contributed by atoms with van der Waals surface area (Å²) in [4.78, 5) is 24.9. The Balaban J connectivity index is 1.22. The number of rotatable bonds is 3. The van der Waals surface area contributed by atoms with Gasteiger partial charge in [-0.15, -0.1) is 0 Å². The quantitative estimate of drug-likeness (QED) is 0.437. The van der Waals surface area contributed by atoms with Crippen LogP contribution in [0.2, 0.25) is 0 Å². The van der Waals surface area contributed by atoms with Crippen LogP contribution in [0.3, 0.4) is 0 Å². The molecule has 7 rings (SSSR count). The zero-order valence-corrected chi connectivity index (χ0v) is 17.9. The Bertz CT molecular complexity index is 1520. The van der Waals surface area contributed by atoms with Gasteiger partial charge in [0, 0.05) is 17.0 Å². The van der Waals surface area contributed by atoms with E-state index < -0.39 is 5.41 Å². The lowest BCUT2D eigenvalue weighted by Gasteiger charge is -2.10.